The van der Waals surface area contributed by atoms with Gasteiger partial charge in [-0.2, -0.15) is 0 Å². The second kappa shape index (κ2) is 6.33. The normalized spacial score (nSPS) is 23.0. The first-order valence-corrected chi connectivity index (χ1v) is 6.82. The molecule has 0 bridgehead atoms. The van der Waals surface area contributed by atoms with Crippen LogP contribution in [0.5, 0.6) is 0 Å². The molecule has 110 valence electrons. The summed E-state index contributed by atoms with van der Waals surface area (Å²) in [5.41, 5.74) is 7.50. The smallest absolute Gasteiger partial charge is 0.310 e. The van der Waals surface area contributed by atoms with Gasteiger partial charge in [0.2, 0.25) is 0 Å². The third-order valence-corrected chi connectivity index (χ3v) is 3.97. The van der Waals surface area contributed by atoms with Crippen LogP contribution in [0.1, 0.15) is 18.1 Å². The van der Waals surface area contributed by atoms with Crippen molar-refractivity contribution in [1.82, 2.24) is 4.90 Å². The first kappa shape index (κ1) is 14.9. The highest BCUT2D eigenvalue weighted by molar-refractivity contribution is 5.73. The minimum Gasteiger partial charge on any atom is -0.469 e. The highest BCUT2D eigenvalue weighted by atomic mass is 19.1. The molecule has 2 atom stereocenters. The third kappa shape index (κ3) is 3.16. The van der Waals surface area contributed by atoms with E-state index < -0.39 is 0 Å². The van der Waals surface area contributed by atoms with Gasteiger partial charge in [-0.25, -0.2) is 4.39 Å². The van der Waals surface area contributed by atoms with Gasteiger partial charge in [-0.05, 0) is 29.2 Å². The molecular weight excluding hydrogens is 259 g/mol. The van der Waals surface area contributed by atoms with Gasteiger partial charge < -0.3 is 10.5 Å². The molecule has 1 fully saturated rings. The van der Waals surface area contributed by atoms with Crippen molar-refractivity contribution in [2.45, 2.75) is 20.0 Å². The fourth-order valence-electron chi connectivity index (χ4n) is 2.83. The Kier molecular flexibility index (Phi) is 4.73. The highest BCUT2D eigenvalue weighted by Crippen LogP contribution is 2.26. The summed E-state index contributed by atoms with van der Waals surface area (Å²) in [6.07, 6.45) is 0. The summed E-state index contributed by atoms with van der Waals surface area (Å²) in [4.78, 5) is 13.9. The van der Waals surface area contributed by atoms with Crippen molar-refractivity contribution in [2.75, 3.05) is 20.2 Å². The van der Waals surface area contributed by atoms with Gasteiger partial charge in [0.1, 0.15) is 5.82 Å². The van der Waals surface area contributed by atoms with Gasteiger partial charge in [-0.15, -0.1) is 0 Å². The number of ether oxygens (including phenoxy) is 1. The number of carbonyl (C=O) groups is 1. The quantitative estimate of drug-likeness (QED) is 0.850. The van der Waals surface area contributed by atoms with E-state index in [0.29, 0.717) is 19.6 Å². The van der Waals surface area contributed by atoms with E-state index in [1.807, 2.05) is 0 Å². The lowest BCUT2D eigenvalue weighted by Gasteiger charge is -2.17. The molecule has 1 aliphatic rings. The number of esters is 1. The fourth-order valence-corrected chi connectivity index (χ4v) is 2.83. The van der Waals surface area contributed by atoms with E-state index in [-0.39, 0.29) is 23.6 Å². The van der Waals surface area contributed by atoms with Crippen molar-refractivity contribution < 1.29 is 13.9 Å². The monoisotopic (exact) mass is 280 g/mol. The summed E-state index contributed by atoms with van der Waals surface area (Å²) in [5, 5.41) is 0. The molecule has 1 aromatic rings. The first-order chi connectivity index (χ1) is 9.55. The van der Waals surface area contributed by atoms with Crippen molar-refractivity contribution in [3.63, 3.8) is 0 Å². The molecule has 2 N–H and O–H groups in total. The molecule has 1 aliphatic heterocycles. The maximum absolute atomic E-state index is 13.2. The third-order valence-electron chi connectivity index (χ3n) is 3.97. The fraction of sp³-hybridized carbons (Fsp3) is 0.533. The number of halogens is 1. The van der Waals surface area contributed by atoms with Crippen LogP contribution in [0.4, 0.5) is 4.39 Å². The number of hydrogen-bond acceptors (Lipinski definition) is 4. The van der Waals surface area contributed by atoms with Crippen LogP contribution in [-0.4, -0.2) is 31.1 Å². The van der Waals surface area contributed by atoms with Gasteiger partial charge >= 0.3 is 5.97 Å². The first-order valence-electron chi connectivity index (χ1n) is 6.82. The minimum atomic E-state index is -0.267. The van der Waals surface area contributed by atoms with Crippen LogP contribution < -0.4 is 5.73 Å². The van der Waals surface area contributed by atoms with E-state index in [2.05, 4.69) is 11.8 Å². The van der Waals surface area contributed by atoms with E-state index >= 15 is 0 Å². The maximum Gasteiger partial charge on any atom is 0.310 e. The van der Waals surface area contributed by atoms with Crippen molar-refractivity contribution >= 4 is 5.97 Å². The van der Waals surface area contributed by atoms with Crippen molar-refractivity contribution in [2.24, 2.45) is 17.6 Å². The summed E-state index contributed by atoms with van der Waals surface area (Å²) in [5.74, 6) is -0.236. The van der Waals surface area contributed by atoms with Crippen LogP contribution in [0.3, 0.4) is 0 Å². The van der Waals surface area contributed by atoms with Crippen LogP contribution in [0.25, 0.3) is 0 Å². The number of benzene rings is 1. The molecule has 0 saturated carbocycles. The minimum absolute atomic E-state index is 0.0817. The predicted molar refractivity (Wildman–Crippen MR) is 74.2 cm³/mol. The summed E-state index contributed by atoms with van der Waals surface area (Å²) in [6, 6.07) is 4.70. The molecule has 0 aromatic heterocycles. The predicted octanol–water partition coefficient (Wildman–Crippen LogP) is 1.53. The number of likely N-dealkylation sites (tertiary alicyclic amines) is 1. The average molecular weight is 280 g/mol. The van der Waals surface area contributed by atoms with E-state index in [0.717, 1.165) is 17.7 Å². The van der Waals surface area contributed by atoms with Crippen LogP contribution in [0, 0.1) is 17.7 Å². The van der Waals surface area contributed by atoms with Crippen LogP contribution in [0.15, 0.2) is 18.2 Å². The lowest BCUT2D eigenvalue weighted by Crippen LogP contribution is -2.24. The highest BCUT2D eigenvalue weighted by Gasteiger charge is 2.35. The molecule has 1 aromatic carbocycles. The molecule has 1 heterocycles. The molecule has 5 heteroatoms. The largest absolute Gasteiger partial charge is 0.469 e. The number of methoxy groups -OCH3 is 1. The molecule has 0 aliphatic carbocycles. The van der Waals surface area contributed by atoms with Gasteiger partial charge in [-0.3, -0.25) is 9.69 Å². The Bertz CT molecular complexity index is 493. The zero-order chi connectivity index (χ0) is 14.7. The van der Waals surface area contributed by atoms with Crippen molar-refractivity contribution in [3.05, 3.63) is 35.1 Å². The summed E-state index contributed by atoms with van der Waals surface area (Å²) in [7, 11) is 1.42. The molecule has 0 spiro atoms. The van der Waals surface area contributed by atoms with E-state index in [9.17, 15) is 9.18 Å². The summed E-state index contributed by atoms with van der Waals surface area (Å²) < 4.78 is 18.0. The van der Waals surface area contributed by atoms with Gasteiger partial charge in [0, 0.05) is 26.2 Å². The number of hydrogen-bond donors (Lipinski definition) is 1. The average Bonchev–Trinajstić information content (AvgIpc) is 2.80. The zero-order valence-electron chi connectivity index (χ0n) is 11.9. The number of nitrogens with two attached hydrogens (primary N) is 1. The van der Waals surface area contributed by atoms with E-state index in [4.69, 9.17) is 10.5 Å². The Balaban J connectivity index is 2.07. The Hall–Kier alpha value is -1.46. The van der Waals surface area contributed by atoms with Gasteiger partial charge in [0.05, 0.1) is 13.0 Å². The molecule has 1 saturated heterocycles. The van der Waals surface area contributed by atoms with Gasteiger partial charge in [-0.1, -0.05) is 13.0 Å². The van der Waals surface area contributed by atoms with Gasteiger partial charge in [0.25, 0.3) is 0 Å². The number of carbonyl (C=O) groups excluding carboxylic acids is 1. The molecule has 20 heavy (non-hydrogen) atoms. The van der Waals surface area contributed by atoms with Crippen LogP contribution in [-0.2, 0) is 22.6 Å². The van der Waals surface area contributed by atoms with E-state index in [1.54, 1.807) is 6.07 Å². The maximum atomic E-state index is 13.2. The zero-order valence-corrected chi connectivity index (χ0v) is 11.9. The van der Waals surface area contributed by atoms with Gasteiger partial charge in [0.15, 0.2) is 0 Å². The second-order valence-electron chi connectivity index (χ2n) is 5.42. The SMILES string of the molecule is COC(=O)C1CN(Cc2ccc(F)cc2CN)CC1C. The summed E-state index contributed by atoms with van der Waals surface area (Å²) >= 11 is 0. The standard InChI is InChI=1S/C15H21FN2O2/c1-10-7-18(9-14(10)15(19)20-2)8-11-3-4-13(16)5-12(11)6-17/h3-5,10,14H,6-9,17H2,1-2H3. The Morgan fingerprint density at radius 1 is 1.45 bits per heavy atom. The molecule has 2 unspecified atom stereocenters. The van der Waals surface area contributed by atoms with E-state index in [1.165, 1.54) is 19.2 Å². The second-order valence-corrected chi connectivity index (χ2v) is 5.42. The van der Waals surface area contributed by atoms with Crippen LogP contribution >= 0.6 is 0 Å². The molecule has 4 nitrogen and oxygen atoms in total. The lowest BCUT2D eigenvalue weighted by atomic mass is 9.99. The molecular formula is C15H21FN2O2. The Labute approximate surface area is 118 Å². The van der Waals surface area contributed by atoms with Crippen LogP contribution in [0.2, 0.25) is 0 Å². The molecule has 0 radical (unpaired) electrons. The number of nitrogens with zero attached hydrogens (tertiary/aromatic N) is 1. The van der Waals surface area contributed by atoms with Crippen molar-refractivity contribution in [1.29, 1.82) is 0 Å². The Morgan fingerprint density at radius 2 is 2.20 bits per heavy atom. The summed E-state index contributed by atoms with van der Waals surface area (Å²) in [6.45, 7) is 4.56. The number of rotatable bonds is 4. The molecule has 0 amide bonds. The topological polar surface area (TPSA) is 55.6 Å². The van der Waals surface area contributed by atoms with Crippen molar-refractivity contribution in [3.8, 4) is 0 Å². The Morgan fingerprint density at radius 3 is 2.85 bits per heavy atom. The molecule has 2 rings (SSSR count). The lowest BCUT2D eigenvalue weighted by molar-refractivity contribution is -0.146.